The Balaban J connectivity index is -0.000000196. The van der Waals surface area contributed by atoms with Crippen molar-refractivity contribution in [2.75, 3.05) is 13.7 Å². The molecule has 0 amide bonds. The van der Waals surface area contributed by atoms with Crippen molar-refractivity contribution in [2.24, 2.45) is 5.92 Å². The molecule has 0 N–H and O–H groups in total. The Morgan fingerprint density at radius 2 is 1.36 bits per heavy atom. The van der Waals surface area contributed by atoms with Gasteiger partial charge in [0.15, 0.2) is 20.4 Å². The summed E-state index contributed by atoms with van der Waals surface area (Å²) < 4.78 is 85.4. The van der Waals surface area contributed by atoms with Gasteiger partial charge in [-0.05, 0) is 91.8 Å². The Hall–Kier alpha value is -2.54. The Morgan fingerprint density at radius 3 is 1.81 bits per heavy atom. The fourth-order valence-corrected chi connectivity index (χ4v) is 7.39. The molecule has 1 aromatic rings. The van der Waals surface area contributed by atoms with Crippen LogP contribution in [0.4, 0.5) is 0 Å². The van der Waals surface area contributed by atoms with Crippen molar-refractivity contribution in [3.8, 4) is 5.75 Å². The molecule has 324 valence electrons. The molecular formula is C42H56Co2O13Si. The van der Waals surface area contributed by atoms with Crippen LogP contribution >= 0.6 is 0 Å². The first-order chi connectivity index (χ1) is 26.6. The summed E-state index contributed by atoms with van der Waals surface area (Å²) in [6.07, 6.45) is 10.7. The Bertz CT molecular complexity index is 1330. The van der Waals surface area contributed by atoms with E-state index in [1.54, 1.807) is 7.11 Å². The summed E-state index contributed by atoms with van der Waals surface area (Å²) in [5.41, 5.74) is 4.64. The number of rotatable bonds is 12. The van der Waals surface area contributed by atoms with Crippen LogP contribution in [0, 0.1) is 59.1 Å². The fraction of sp³-hybridized carbons (Fsp3) is 0.595. The first kappa shape index (κ1) is 73.0. The van der Waals surface area contributed by atoms with E-state index in [9.17, 15) is 4.79 Å². The molecule has 16 heteroatoms. The van der Waals surface area contributed by atoms with Crippen LogP contribution in [0.1, 0.15) is 117 Å². The van der Waals surface area contributed by atoms with Crippen molar-refractivity contribution in [2.45, 2.75) is 142 Å². The molecule has 1 aromatic carbocycles. The third kappa shape index (κ3) is 24.5. The third-order valence-electron chi connectivity index (χ3n) is 9.51. The van der Waals surface area contributed by atoms with Crippen LogP contribution in [0.3, 0.4) is 0 Å². The molecule has 1 unspecified atom stereocenters. The average Bonchev–Trinajstić information content (AvgIpc) is 3.56. The maximum atomic E-state index is 13.6. The van der Waals surface area contributed by atoms with Gasteiger partial charge in [0.05, 0.1) is 19.3 Å². The number of carbonyl (C=O) groups excluding carboxylic acids is 1. The molecule has 1 fully saturated rings. The first-order valence-electron chi connectivity index (χ1n) is 17.1. The molecule has 0 aromatic heterocycles. The van der Waals surface area contributed by atoms with E-state index in [-0.39, 0.29) is 70.4 Å². The third-order valence-corrected chi connectivity index (χ3v) is 13.9. The number of benzene rings is 1. The molecule has 1 heterocycles. The minimum atomic E-state index is -2.12. The van der Waals surface area contributed by atoms with Crippen molar-refractivity contribution in [1.29, 1.82) is 0 Å². The van der Waals surface area contributed by atoms with Gasteiger partial charge in [-0.2, -0.15) is 0 Å². The van der Waals surface area contributed by atoms with Gasteiger partial charge in [0, 0.05) is 52.1 Å². The topological polar surface area (TPSA) is 213 Å². The second-order valence-electron chi connectivity index (χ2n) is 13.3. The van der Waals surface area contributed by atoms with Crippen molar-refractivity contribution in [3.05, 3.63) is 93.7 Å². The largest absolute Gasteiger partial charge is 0 e. The van der Waals surface area contributed by atoms with Crippen molar-refractivity contribution in [3.63, 3.8) is 0 Å². The standard InChI is InChI=1S/C33H52O5Si.8CO.CH4.2Co/c1-8-9-10-14-24(37-30-17-11-12-20-36-30)18-19-26-28(34)22-23-21-27-25(15-13-16-29(27)35-5)32(31(23)26)38-39(6,7)33(2,3)4;8*1-2;;;/h13,15-16,23-24,30,32H,8-12,14,17-22H2,1-7H3;;;;;;;;;1H4;;/t23-,24-,30?,32+;;;;;;;;;;;/m0.........../s1. The molecule has 4 rings (SSSR count). The zero-order chi connectivity index (χ0) is 44.2. The first-order valence-corrected chi connectivity index (χ1v) is 20.0. The molecule has 58 heavy (non-hydrogen) atoms. The molecule has 3 aliphatic rings. The molecule has 2 radical (unpaired) electrons. The monoisotopic (exact) mass is 914 g/mol. The zero-order valence-electron chi connectivity index (χ0n) is 33.5. The Morgan fingerprint density at radius 1 is 0.828 bits per heavy atom. The van der Waals surface area contributed by atoms with Gasteiger partial charge in [0.2, 0.25) is 0 Å². The molecule has 0 spiro atoms. The van der Waals surface area contributed by atoms with Crippen LogP contribution in [0.2, 0.25) is 18.1 Å². The van der Waals surface area contributed by atoms with E-state index in [0.29, 0.717) is 12.2 Å². The molecule has 13 nitrogen and oxygen atoms in total. The van der Waals surface area contributed by atoms with E-state index in [0.717, 1.165) is 69.3 Å². The van der Waals surface area contributed by atoms with Gasteiger partial charge >= 0.3 is 90.4 Å². The van der Waals surface area contributed by atoms with Crippen LogP contribution in [-0.2, 0) is 95.9 Å². The van der Waals surface area contributed by atoms with Gasteiger partial charge in [-0.3, -0.25) is 4.79 Å². The quantitative estimate of drug-likeness (QED) is 0.0868. The van der Waals surface area contributed by atoms with Crippen molar-refractivity contribution in [1.82, 2.24) is 0 Å². The summed E-state index contributed by atoms with van der Waals surface area (Å²) in [5, 5.41) is 0.0700. The van der Waals surface area contributed by atoms with Gasteiger partial charge in [-0.1, -0.05) is 66.5 Å². The molecule has 4 atom stereocenters. The number of ketones is 1. The Labute approximate surface area is 368 Å². The number of allylic oxidation sites excluding steroid dienone is 1. The van der Waals surface area contributed by atoms with Gasteiger partial charge in [0.1, 0.15) is 5.75 Å². The summed E-state index contributed by atoms with van der Waals surface area (Å²) in [4.78, 5) is 13.6. The van der Waals surface area contributed by atoms with Gasteiger partial charge in [-0.25, -0.2) is 0 Å². The van der Waals surface area contributed by atoms with Gasteiger partial charge in [-0.15, -0.1) is 0 Å². The second-order valence-corrected chi connectivity index (χ2v) is 18.1. The SMILES string of the molecule is C.CCCCC[C@@H](CCC1=C2[C@H](CC1=O)Cc1c(OC)cccc1[C@H]2O[Si](C)(C)C(C)(C)C)OC1CCCCO1.[C-]#[O+].[C-]#[O+].[C-]#[O+].[C-]#[O+].[C-]#[O+].[C-]#[O+].[C-]#[O+].[C-]#[O+].[Co].[Co]. The van der Waals surface area contributed by atoms with Gasteiger partial charge < -0.3 is 18.6 Å². The number of hydrogen-bond donors (Lipinski definition) is 0. The fourth-order valence-electron chi connectivity index (χ4n) is 6.19. The van der Waals surface area contributed by atoms with E-state index >= 15 is 0 Å². The predicted octanol–water partition coefficient (Wildman–Crippen LogP) is 8.80. The smallest absolute Gasteiger partial charge is 0 e. The van der Waals surface area contributed by atoms with Crippen LogP contribution in [0.25, 0.3) is 0 Å². The average molecular weight is 915 g/mol. The van der Waals surface area contributed by atoms with Crippen LogP contribution in [0.5, 0.6) is 5.75 Å². The summed E-state index contributed by atoms with van der Waals surface area (Å²) in [5.74, 6) is 1.40. The Kier molecular flexibility index (Phi) is 57.3. The van der Waals surface area contributed by atoms with Gasteiger partial charge in [0.25, 0.3) is 0 Å². The molecule has 1 saturated heterocycles. The number of unbranched alkanes of at least 4 members (excludes halogenated alkanes) is 2. The van der Waals surface area contributed by atoms with Crippen molar-refractivity contribution < 1.29 is 94.2 Å². The predicted molar refractivity (Wildman–Crippen MR) is 198 cm³/mol. The number of Topliss-reactive ketones (excluding diaryl/α,β-unsaturated/α-hetero) is 1. The minimum Gasteiger partial charge on any atom is 0 e. The summed E-state index contributed by atoms with van der Waals surface area (Å²) >= 11 is 0. The summed E-state index contributed by atoms with van der Waals surface area (Å²) in [6.45, 7) is 50.5. The zero-order valence-corrected chi connectivity index (χ0v) is 36.6. The normalized spacial score (nSPS) is 16.7. The molecule has 2 aliphatic carbocycles. The number of ether oxygens (including phenoxy) is 3. The van der Waals surface area contributed by atoms with E-state index in [1.165, 1.54) is 29.5 Å². The van der Waals surface area contributed by atoms with Crippen LogP contribution in [-0.4, -0.2) is 40.2 Å². The maximum Gasteiger partial charge on any atom is 0 e. The van der Waals surface area contributed by atoms with E-state index in [1.807, 2.05) is 6.07 Å². The minimum absolute atomic E-state index is 0. The summed E-state index contributed by atoms with van der Waals surface area (Å²) in [6, 6.07) is 6.30. The van der Waals surface area contributed by atoms with Crippen LogP contribution < -0.4 is 4.74 Å². The van der Waals surface area contributed by atoms with E-state index in [4.69, 9.17) is 55.9 Å². The van der Waals surface area contributed by atoms with E-state index < -0.39 is 8.32 Å². The second kappa shape index (κ2) is 45.5. The molecular weight excluding hydrogens is 858 g/mol. The number of fused-ring (bicyclic) bond motifs is 2. The van der Waals surface area contributed by atoms with Crippen LogP contribution in [0.15, 0.2) is 29.3 Å². The molecule has 0 bridgehead atoms. The molecule has 1 aliphatic heterocycles. The summed E-state index contributed by atoms with van der Waals surface area (Å²) in [7, 11) is -0.383. The molecule has 0 saturated carbocycles. The number of methoxy groups -OCH3 is 1. The van der Waals surface area contributed by atoms with Crippen molar-refractivity contribution >= 4 is 14.1 Å². The maximum absolute atomic E-state index is 13.6. The number of carbonyl (C=O) groups is 1. The number of hydrogen-bond acceptors (Lipinski definition) is 5. The van der Waals surface area contributed by atoms with E-state index in [2.05, 4.69) is 106 Å².